The number of benzene rings is 1. The Morgan fingerprint density at radius 2 is 1.86 bits per heavy atom. The van der Waals surface area contributed by atoms with E-state index in [1.807, 2.05) is 0 Å². The van der Waals surface area contributed by atoms with Crippen molar-refractivity contribution in [2.24, 2.45) is 0 Å². The van der Waals surface area contributed by atoms with E-state index in [4.69, 9.17) is 11.6 Å². The molecule has 120 valence electrons. The lowest BCUT2D eigenvalue weighted by molar-refractivity contribution is -0.132. The van der Waals surface area contributed by atoms with Crippen molar-refractivity contribution in [3.8, 4) is 0 Å². The highest BCUT2D eigenvalue weighted by molar-refractivity contribution is 6.33. The standard InChI is InChI=1S/C15H19ClFN3O2/c1-18-5-4-14(21)19-6-8-20(9-7-19)15(22)12-3-2-11(17)10-13(12)16/h2-3,10,18H,4-9H2,1H3. The SMILES string of the molecule is CNCCC(=O)N1CCN(C(=O)c2ccc(F)cc2Cl)CC1. The highest BCUT2D eigenvalue weighted by Crippen LogP contribution is 2.20. The second kappa shape index (κ2) is 7.56. The number of rotatable bonds is 4. The van der Waals surface area contributed by atoms with Crippen LogP contribution in [-0.2, 0) is 4.79 Å². The molecule has 2 amide bonds. The van der Waals surface area contributed by atoms with Crippen molar-refractivity contribution in [3.63, 3.8) is 0 Å². The number of carbonyl (C=O) groups is 2. The molecule has 1 aliphatic heterocycles. The molecule has 1 fully saturated rings. The Balaban J connectivity index is 1.93. The Kier molecular flexibility index (Phi) is 5.74. The number of nitrogens with zero attached hydrogens (tertiary/aromatic N) is 2. The second-order valence-electron chi connectivity index (χ2n) is 5.15. The van der Waals surface area contributed by atoms with Gasteiger partial charge >= 0.3 is 0 Å². The van der Waals surface area contributed by atoms with Crippen LogP contribution in [0, 0.1) is 5.82 Å². The lowest BCUT2D eigenvalue weighted by Crippen LogP contribution is -2.50. The van der Waals surface area contributed by atoms with Gasteiger partial charge in [0.25, 0.3) is 5.91 Å². The fourth-order valence-electron chi connectivity index (χ4n) is 2.38. The molecule has 5 nitrogen and oxygen atoms in total. The van der Waals surface area contributed by atoms with E-state index in [1.165, 1.54) is 12.1 Å². The molecule has 0 spiro atoms. The highest BCUT2D eigenvalue weighted by atomic mass is 35.5. The average Bonchev–Trinajstić information content (AvgIpc) is 2.52. The van der Waals surface area contributed by atoms with Crippen LogP contribution < -0.4 is 5.32 Å². The van der Waals surface area contributed by atoms with Crippen LogP contribution in [0.5, 0.6) is 0 Å². The predicted molar refractivity (Wildman–Crippen MR) is 82.4 cm³/mol. The number of piperazine rings is 1. The maximum absolute atomic E-state index is 13.0. The van der Waals surface area contributed by atoms with Gasteiger partial charge in [0.1, 0.15) is 5.82 Å². The minimum atomic E-state index is -0.471. The summed E-state index contributed by atoms with van der Waals surface area (Å²) in [5.74, 6) is -0.616. The van der Waals surface area contributed by atoms with E-state index in [1.54, 1.807) is 16.8 Å². The van der Waals surface area contributed by atoms with E-state index in [9.17, 15) is 14.0 Å². The molecular weight excluding hydrogens is 309 g/mol. The second-order valence-corrected chi connectivity index (χ2v) is 5.56. The summed E-state index contributed by atoms with van der Waals surface area (Å²) in [5.41, 5.74) is 0.290. The first-order valence-corrected chi connectivity index (χ1v) is 7.57. The van der Waals surface area contributed by atoms with Gasteiger partial charge in [0.15, 0.2) is 0 Å². The predicted octanol–water partition coefficient (Wildman–Crippen LogP) is 1.37. The summed E-state index contributed by atoms with van der Waals surface area (Å²) in [4.78, 5) is 27.7. The third kappa shape index (κ3) is 3.96. The Bertz CT molecular complexity index is 560. The van der Waals surface area contributed by atoms with E-state index in [0.29, 0.717) is 39.1 Å². The summed E-state index contributed by atoms with van der Waals surface area (Å²) in [6, 6.07) is 3.74. The zero-order valence-corrected chi connectivity index (χ0v) is 13.2. The van der Waals surface area contributed by atoms with Gasteiger partial charge in [0.2, 0.25) is 5.91 Å². The summed E-state index contributed by atoms with van der Waals surface area (Å²) in [6.45, 7) is 2.57. The van der Waals surface area contributed by atoms with Crippen molar-refractivity contribution in [3.05, 3.63) is 34.6 Å². The van der Waals surface area contributed by atoms with Crippen molar-refractivity contribution in [1.29, 1.82) is 0 Å². The van der Waals surface area contributed by atoms with Gasteiger partial charge in [-0.15, -0.1) is 0 Å². The fraction of sp³-hybridized carbons (Fsp3) is 0.467. The van der Waals surface area contributed by atoms with Crippen molar-refractivity contribution >= 4 is 23.4 Å². The molecule has 1 N–H and O–H groups in total. The molecule has 7 heteroatoms. The first kappa shape index (κ1) is 16.7. The van der Waals surface area contributed by atoms with Crippen LogP contribution >= 0.6 is 11.6 Å². The lowest BCUT2D eigenvalue weighted by Gasteiger charge is -2.35. The van der Waals surface area contributed by atoms with Crippen LogP contribution in [0.4, 0.5) is 4.39 Å². The topological polar surface area (TPSA) is 52.7 Å². The number of hydrogen-bond acceptors (Lipinski definition) is 3. The molecule has 22 heavy (non-hydrogen) atoms. The summed E-state index contributed by atoms with van der Waals surface area (Å²) in [7, 11) is 1.80. The van der Waals surface area contributed by atoms with Gasteiger partial charge < -0.3 is 15.1 Å². The molecule has 0 unspecified atom stereocenters. The van der Waals surface area contributed by atoms with Crippen LogP contribution in [0.25, 0.3) is 0 Å². The smallest absolute Gasteiger partial charge is 0.255 e. The number of halogens is 2. The normalized spacial score (nSPS) is 15.0. The van der Waals surface area contributed by atoms with Crippen LogP contribution in [0.15, 0.2) is 18.2 Å². The van der Waals surface area contributed by atoms with E-state index < -0.39 is 5.82 Å². The van der Waals surface area contributed by atoms with Crippen LogP contribution in [-0.4, -0.2) is 61.4 Å². The van der Waals surface area contributed by atoms with E-state index in [2.05, 4.69) is 5.32 Å². The summed E-state index contributed by atoms with van der Waals surface area (Å²) in [5, 5.41) is 3.05. The minimum absolute atomic E-state index is 0.0845. The summed E-state index contributed by atoms with van der Waals surface area (Å²) >= 11 is 5.92. The van der Waals surface area contributed by atoms with Crippen LogP contribution in [0.2, 0.25) is 5.02 Å². The van der Waals surface area contributed by atoms with Gasteiger partial charge in [0.05, 0.1) is 10.6 Å². The lowest BCUT2D eigenvalue weighted by atomic mass is 10.1. The highest BCUT2D eigenvalue weighted by Gasteiger charge is 2.25. The monoisotopic (exact) mass is 327 g/mol. The third-order valence-electron chi connectivity index (χ3n) is 3.67. The number of carbonyl (C=O) groups excluding carboxylic acids is 2. The van der Waals surface area contributed by atoms with Crippen molar-refractivity contribution in [2.45, 2.75) is 6.42 Å². The molecule has 0 saturated carbocycles. The van der Waals surface area contributed by atoms with Crippen molar-refractivity contribution in [2.75, 3.05) is 39.8 Å². The van der Waals surface area contributed by atoms with Gasteiger partial charge in [-0.2, -0.15) is 0 Å². The number of hydrogen-bond donors (Lipinski definition) is 1. The zero-order chi connectivity index (χ0) is 16.1. The quantitative estimate of drug-likeness (QED) is 0.909. The molecule has 1 saturated heterocycles. The van der Waals surface area contributed by atoms with Crippen molar-refractivity contribution in [1.82, 2.24) is 15.1 Å². The van der Waals surface area contributed by atoms with Gasteiger partial charge in [-0.25, -0.2) is 4.39 Å². The molecule has 0 radical (unpaired) electrons. The van der Waals surface area contributed by atoms with E-state index in [-0.39, 0.29) is 22.4 Å². The fourth-order valence-corrected chi connectivity index (χ4v) is 2.63. The van der Waals surface area contributed by atoms with Gasteiger partial charge in [-0.1, -0.05) is 11.6 Å². The average molecular weight is 328 g/mol. The molecule has 0 aromatic heterocycles. The molecule has 1 aliphatic rings. The molecular formula is C15H19ClFN3O2. The summed E-state index contributed by atoms with van der Waals surface area (Å²) < 4.78 is 13.0. The Morgan fingerprint density at radius 3 is 2.45 bits per heavy atom. The van der Waals surface area contributed by atoms with Gasteiger partial charge in [-0.3, -0.25) is 9.59 Å². The summed E-state index contributed by atoms with van der Waals surface area (Å²) in [6.07, 6.45) is 0.453. The molecule has 1 aromatic carbocycles. The third-order valence-corrected chi connectivity index (χ3v) is 3.98. The molecule has 1 aromatic rings. The van der Waals surface area contributed by atoms with E-state index in [0.717, 1.165) is 6.07 Å². The Hall–Kier alpha value is -1.66. The molecule has 0 aliphatic carbocycles. The molecule has 0 bridgehead atoms. The largest absolute Gasteiger partial charge is 0.339 e. The Morgan fingerprint density at radius 1 is 1.23 bits per heavy atom. The molecule has 0 atom stereocenters. The number of nitrogens with one attached hydrogen (secondary N) is 1. The maximum atomic E-state index is 13.0. The number of amides is 2. The first-order valence-electron chi connectivity index (χ1n) is 7.19. The zero-order valence-electron chi connectivity index (χ0n) is 12.4. The van der Waals surface area contributed by atoms with Crippen molar-refractivity contribution < 1.29 is 14.0 Å². The van der Waals surface area contributed by atoms with Crippen LogP contribution in [0.1, 0.15) is 16.8 Å². The van der Waals surface area contributed by atoms with Gasteiger partial charge in [-0.05, 0) is 25.2 Å². The van der Waals surface area contributed by atoms with E-state index >= 15 is 0 Å². The Labute approximate surface area is 134 Å². The maximum Gasteiger partial charge on any atom is 0.255 e. The molecule has 1 heterocycles. The minimum Gasteiger partial charge on any atom is -0.339 e. The van der Waals surface area contributed by atoms with Crippen LogP contribution in [0.3, 0.4) is 0 Å². The first-order chi connectivity index (χ1) is 10.5. The van der Waals surface area contributed by atoms with Gasteiger partial charge in [0, 0.05) is 39.1 Å². The molecule has 2 rings (SSSR count).